The molecule has 2 aromatic rings. The van der Waals surface area contributed by atoms with E-state index in [9.17, 15) is 9.59 Å². The Balaban J connectivity index is 2.15. The molecular weight excluding hydrogens is 406 g/mol. The van der Waals surface area contributed by atoms with Crippen molar-refractivity contribution in [3.05, 3.63) is 40.1 Å². The summed E-state index contributed by atoms with van der Waals surface area (Å²) in [5.41, 5.74) is 2.20. The highest BCUT2D eigenvalue weighted by Crippen LogP contribution is 2.29. The van der Waals surface area contributed by atoms with E-state index in [-0.39, 0.29) is 18.4 Å². The maximum absolute atomic E-state index is 12.4. The number of hydrogen-bond donors (Lipinski definition) is 0. The van der Waals surface area contributed by atoms with Gasteiger partial charge < -0.3 is 14.2 Å². The molecule has 0 spiro atoms. The van der Waals surface area contributed by atoms with Crippen LogP contribution in [0.4, 0.5) is 0 Å². The third-order valence-electron chi connectivity index (χ3n) is 4.15. The minimum absolute atomic E-state index is 0.0971. The van der Waals surface area contributed by atoms with Gasteiger partial charge in [0.25, 0.3) is 5.91 Å². The lowest BCUT2D eigenvalue weighted by Crippen LogP contribution is -2.26. The molecule has 3 rings (SSSR count). The van der Waals surface area contributed by atoms with E-state index in [2.05, 4.69) is 15.9 Å². The van der Waals surface area contributed by atoms with Gasteiger partial charge >= 0.3 is 5.97 Å². The molecule has 0 aliphatic carbocycles. The summed E-state index contributed by atoms with van der Waals surface area (Å²) in [5, 5.41) is 1.38. The highest BCUT2D eigenvalue weighted by molar-refractivity contribution is 9.10. The summed E-state index contributed by atoms with van der Waals surface area (Å²) < 4.78 is 7.48. The first-order valence-corrected chi connectivity index (χ1v) is 8.66. The Kier molecular flexibility index (Phi) is 4.66. The van der Waals surface area contributed by atoms with Crippen LogP contribution < -0.4 is 0 Å². The summed E-state index contributed by atoms with van der Waals surface area (Å²) in [7, 11) is 4.77. The molecule has 0 radical (unpaired) electrons. The Bertz CT molecular complexity index is 935. The molecule has 0 bridgehead atoms. The molecule has 1 saturated heterocycles. The van der Waals surface area contributed by atoms with Gasteiger partial charge in [0, 0.05) is 41.2 Å². The van der Waals surface area contributed by atoms with Crippen molar-refractivity contribution < 1.29 is 14.3 Å². The van der Waals surface area contributed by atoms with Gasteiger partial charge in [-0.15, -0.1) is 0 Å². The molecule has 1 aliphatic heterocycles. The molecule has 0 N–H and O–H groups in total. The Morgan fingerprint density at radius 1 is 1.32 bits per heavy atom. The van der Waals surface area contributed by atoms with Gasteiger partial charge in [-0.25, -0.2) is 0 Å². The summed E-state index contributed by atoms with van der Waals surface area (Å²) in [6, 6.07) is 5.78. The van der Waals surface area contributed by atoms with E-state index in [0.717, 1.165) is 20.9 Å². The number of likely N-dealkylation sites (N-methyl/N-ethyl adjacent to an activating group) is 2. The summed E-state index contributed by atoms with van der Waals surface area (Å²) in [6.45, 7) is 0.0971. The Morgan fingerprint density at radius 3 is 2.64 bits per heavy atom. The van der Waals surface area contributed by atoms with Crippen LogP contribution in [0.3, 0.4) is 0 Å². The van der Waals surface area contributed by atoms with Crippen LogP contribution in [0.15, 0.2) is 34.6 Å². The molecule has 25 heavy (non-hydrogen) atoms. The Labute approximate surface area is 158 Å². The average Bonchev–Trinajstić information content (AvgIpc) is 3.01. The molecule has 0 atom stereocenters. The van der Waals surface area contributed by atoms with Crippen LogP contribution in [0, 0.1) is 0 Å². The fourth-order valence-electron chi connectivity index (χ4n) is 2.78. The molecule has 1 aliphatic rings. The van der Waals surface area contributed by atoms with E-state index in [0.29, 0.717) is 10.8 Å². The van der Waals surface area contributed by atoms with Crippen LogP contribution >= 0.6 is 28.1 Å². The molecule has 1 aromatic carbocycles. The summed E-state index contributed by atoms with van der Waals surface area (Å²) in [4.78, 5) is 27.2. The van der Waals surface area contributed by atoms with Crippen LogP contribution in [0.5, 0.6) is 0 Å². The van der Waals surface area contributed by atoms with Gasteiger partial charge in [-0.05, 0) is 36.5 Å². The number of nitrogens with zero attached hydrogens (tertiary/aromatic N) is 3. The number of rotatable bonds is 3. The topological polar surface area (TPSA) is 54.8 Å². The maximum Gasteiger partial charge on any atom is 0.325 e. The average molecular weight is 422 g/mol. The van der Waals surface area contributed by atoms with E-state index in [1.165, 1.54) is 12.0 Å². The zero-order valence-corrected chi connectivity index (χ0v) is 16.3. The second-order valence-electron chi connectivity index (χ2n) is 5.69. The maximum atomic E-state index is 12.4. The van der Waals surface area contributed by atoms with Crippen molar-refractivity contribution >= 4 is 62.1 Å². The lowest BCUT2D eigenvalue weighted by atomic mass is 10.1. The number of amides is 1. The highest BCUT2D eigenvalue weighted by Gasteiger charge is 2.33. The minimum Gasteiger partial charge on any atom is -0.468 e. The van der Waals surface area contributed by atoms with Gasteiger partial charge in [-0.2, -0.15) is 0 Å². The SMILES string of the molecule is COC(=O)Cn1cc(/C=C2/C(=O)N(C)C(=S)N2C)c2cc(Br)ccc21. The third kappa shape index (κ3) is 3.07. The lowest BCUT2D eigenvalue weighted by Gasteiger charge is -2.10. The zero-order chi connectivity index (χ0) is 18.3. The van der Waals surface area contributed by atoms with Crippen molar-refractivity contribution in [2.24, 2.45) is 0 Å². The molecule has 1 amide bonds. The number of esters is 1. The fourth-order valence-corrected chi connectivity index (χ4v) is 3.32. The second kappa shape index (κ2) is 6.61. The van der Waals surface area contributed by atoms with Crippen LogP contribution in [0.2, 0.25) is 0 Å². The number of aromatic nitrogens is 1. The first-order valence-electron chi connectivity index (χ1n) is 7.46. The van der Waals surface area contributed by atoms with E-state index in [1.807, 2.05) is 29.0 Å². The van der Waals surface area contributed by atoms with Gasteiger partial charge in [0.05, 0.1) is 7.11 Å². The summed E-state index contributed by atoms with van der Waals surface area (Å²) in [5.74, 6) is -0.495. The van der Waals surface area contributed by atoms with Gasteiger partial charge in [-0.3, -0.25) is 14.5 Å². The van der Waals surface area contributed by atoms with Crippen LogP contribution in [0.1, 0.15) is 5.56 Å². The molecule has 130 valence electrons. The molecule has 2 heterocycles. The summed E-state index contributed by atoms with van der Waals surface area (Å²) in [6.07, 6.45) is 3.63. The number of hydrogen-bond acceptors (Lipinski definition) is 4. The second-order valence-corrected chi connectivity index (χ2v) is 6.97. The van der Waals surface area contributed by atoms with Crippen molar-refractivity contribution in [2.75, 3.05) is 21.2 Å². The lowest BCUT2D eigenvalue weighted by molar-refractivity contribution is -0.141. The Hall–Kier alpha value is -2.19. The first-order chi connectivity index (χ1) is 11.8. The number of benzene rings is 1. The molecular formula is C17H16BrN3O3S. The van der Waals surface area contributed by atoms with Crippen molar-refractivity contribution in [1.82, 2.24) is 14.4 Å². The number of ether oxygens (including phenoxy) is 1. The van der Waals surface area contributed by atoms with E-state index in [1.54, 1.807) is 25.1 Å². The van der Waals surface area contributed by atoms with Crippen molar-refractivity contribution in [3.63, 3.8) is 0 Å². The predicted octanol–water partition coefficient (Wildman–Crippen LogP) is 2.61. The molecule has 1 fully saturated rings. The van der Waals surface area contributed by atoms with E-state index in [4.69, 9.17) is 17.0 Å². The highest BCUT2D eigenvalue weighted by atomic mass is 79.9. The Morgan fingerprint density at radius 2 is 2.04 bits per heavy atom. The van der Waals surface area contributed by atoms with E-state index >= 15 is 0 Å². The quantitative estimate of drug-likeness (QED) is 0.433. The first kappa shape index (κ1) is 17.6. The van der Waals surface area contributed by atoms with Gasteiger partial charge in [0.15, 0.2) is 5.11 Å². The van der Waals surface area contributed by atoms with Gasteiger partial charge in [-0.1, -0.05) is 15.9 Å². The van der Waals surface area contributed by atoms with Crippen LogP contribution in [-0.2, 0) is 20.9 Å². The minimum atomic E-state index is -0.339. The largest absolute Gasteiger partial charge is 0.468 e. The number of carbonyl (C=O) groups excluding carboxylic acids is 2. The third-order valence-corrected chi connectivity index (χ3v) is 5.19. The van der Waals surface area contributed by atoms with Crippen molar-refractivity contribution in [2.45, 2.75) is 6.54 Å². The van der Waals surface area contributed by atoms with E-state index < -0.39 is 0 Å². The molecule has 0 unspecified atom stereocenters. The zero-order valence-electron chi connectivity index (χ0n) is 13.9. The van der Waals surface area contributed by atoms with Gasteiger partial charge in [0.2, 0.25) is 0 Å². The van der Waals surface area contributed by atoms with Gasteiger partial charge in [0.1, 0.15) is 12.2 Å². The summed E-state index contributed by atoms with van der Waals surface area (Å²) >= 11 is 8.71. The monoisotopic (exact) mass is 421 g/mol. The molecule has 6 nitrogen and oxygen atoms in total. The number of methoxy groups -OCH3 is 1. The molecule has 1 aromatic heterocycles. The molecule has 0 saturated carbocycles. The number of halogens is 1. The smallest absolute Gasteiger partial charge is 0.325 e. The van der Waals surface area contributed by atoms with Crippen molar-refractivity contribution in [3.8, 4) is 0 Å². The number of carbonyl (C=O) groups is 2. The molecule has 8 heteroatoms. The van der Waals surface area contributed by atoms with Crippen LogP contribution in [0.25, 0.3) is 17.0 Å². The van der Waals surface area contributed by atoms with Crippen molar-refractivity contribution in [1.29, 1.82) is 0 Å². The van der Waals surface area contributed by atoms with Crippen LogP contribution in [-0.4, -0.2) is 52.6 Å². The fraction of sp³-hybridized carbons (Fsp3) is 0.235. The standard InChI is InChI=1S/C17H16BrN3O3S/c1-19-14(16(23)20(2)17(19)25)6-10-8-21(9-15(22)24-3)13-5-4-11(18)7-12(10)13/h4-8H,9H2,1-3H3/b14-6-. The number of fused-ring (bicyclic) bond motifs is 1. The predicted molar refractivity (Wildman–Crippen MR) is 103 cm³/mol. The number of thiocarbonyl (C=S) groups is 1. The normalized spacial score (nSPS) is 16.4.